The fourth-order valence-corrected chi connectivity index (χ4v) is 1.96. The van der Waals surface area contributed by atoms with Crippen molar-refractivity contribution < 1.29 is 9.13 Å². The summed E-state index contributed by atoms with van der Waals surface area (Å²) in [6, 6.07) is 6.72. The van der Waals surface area contributed by atoms with E-state index in [1.807, 2.05) is 6.07 Å². The first-order chi connectivity index (χ1) is 7.78. The monoisotopic (exact) mass is 296 g/mol. The van der Waals surface area contributed by atoms with Crippen molar-refractivity contribution in [3.05, 3.63) is 35.6 Å². The summed E-state index contributed by atoms with van der Waals surface area (Å²) in [5.74, 6) is -0.180. The second kappa shape index (κ2) is 8.67. The van der Waals surface area contributed by atoms with Gasteiger partial charge in [-0.25, -0.2) is 4.39 Å². The quantitative estimate of drug-likeness (QED) is 0.925. The van der Waals surface area contributed by atoms with E-state index in [4.69, 9.17) is 10.5 Å². The van der Waals surface area contributed by atoms with Gasteiger partial charge < -0.3 is 10.5 Å². The van der Waals surface area contributed by atoms with Gasteiger partial charge in [-0.1, -0.05) is 12.1 Å². The van der Waals surface area contributed by atoms with Gasteiger partial charge in [-0.05, 0) is 17.7 Å². The molecule has 3 nitrogen and oxygen atoms in total. The molecule has 1 atom stereocenters. The normalized spacial score (nSPS) is 19.8. The fraction of sp³-hybridized carbons (Fsp3) is 0.500. The Balaban J connectivity index is 0.00000144. The molecule has 1 aromatic rings. The maximum Gasteiger partial charge on any atom is 0.123 e. The number of morpholine rings is 1. The first-order valence-electron chi connectivity index (χ1n) is 5.56. The molecule has 0 spiro atoms. The minimum atomic E-state index is -0.180. The molecule has 18 heavy (non-hydrogen) atoms. The van der Waals surface area contributed by atoms with E-state index in [9.17, 15) is 4.39 Å². The summed E-state index contributed by atoms with van der Waals surface area (Å²) >= 11 is 0. The van der Waals surface area contributed by atoms with Gasteiger partial charge in [0.05, 0.1) is 12.7 Å². The van der Waals surface area contributed by atoms with E-state index < -0.39 is 0 Å². The lowest BCUT2D eigenvalue weighted by atomic mass is 10.2. The third kappa shape index (κ3) is 5.08. The minimum absolute atomic E-state index is 0. The van der Waals surface area contributed by atoms with E-state index in [-0.39, 0.29) is 36.7 Å². The molecule has 1 heterocycles. The SMILES string of the molecule is Cl.Cl.NCC1CN(Cc2cccc(F)c2)CCO1. The number of nitrogens with zero attached hydrogens (tertiary/aromatic N) is 1. The Hall–Kier alpha value is -0.390. The van der Waals surface area contributed by atoms with E-state index in [1.54, 1.807) is 12.1 Å². The molecule has 0 aliphatic carbocycles. The number of nitrogens with two attached hydrogens (primary N) is 1. The van der Waals surface area contributed by atoms with Crippen LogP contribution in [0.2, 0.25) is 0 Å². The van der Waals surface area contributed by atoms with Crippen LogP contribution in [0.5, 0.6) is 0 Å². The van der Waals surface area contributed by atoms with E-state index in [0.29, 0.717) is 13.2 Å². The highest BCUT2D eigenvalue weighted by Gasteiger charge is 2.18. The van der Waals surface area contributed by atoms with Crippen molar-refractivity contribution in [1.82, 2.24) is 4.90 Å². The third-order valence-corrected chi connectivity index (χ3v) is 2.78. The number of ether oxygens (including phenoxy) is 1. The van der Waals surface area contributed by atoms with Crippen LogP contribution in [0.25, 0.3) is 0 Å². The summed E-state index contributed by atoms with van der Waals surface area (Å²) in [5.41, 5.74) is 6.57. The van der Waals surface area contributed by atoms with Gasteiger partial charge in [0, 0.05) is 26.2 Å². The minimum Gasteiger partial charge on any atom is -0.374 e. The van der Waals surface area contributed by atoms with Crippen LogP contribution >= 0.6 is 24.8 Å². The van der Waals surface area contributed by atoms with Crippen LogP contribution in [0.15, 0.2) is 24.3 Å². The number of hydrogen-bond donors (Lipinski definition) is 1. The average Bonchev–Trinajstić information content (AvgIpc) is 2.29. The molecule has 6 heteroatoms. The maximum atomic E-state index is 13.0. The summed E-state index contributed by atoms with van der Waals surface area (Å²) < 4.78 is 18.5. The molecular formula is C12H19Cl2FN2O. The van der Waals surface area contributed by atoms with Gasteiger partial charge in [-0.3, -0.25) is 4.90 Å². The molecule has 0 amide bonds. The van der Waals surface area contributed by atoms with Crippen LogP contribution in [0.3, 0.4) is 0 Å². The first-order valence-corrected chi connectivity index (χ1v) is 5.56. The molecule has 2 N–H and O–H groups in total. The van der Waals surface area contributed by atoms with Crippen molar-refractivity contribution >= 4 is 24.8 Å². The van der Waals surface area contributed by atoms with Crippen LogP contribution in [0, 0.1) is 5.82 Å². The van der Waals surface area contributed by atoms with Crippen LogP contribution in [0.1, 0.15) is 5.56 Å². The molecule has 1 aliphatic heterocycles. The topological polar surface area (TPSA) is 38.5 Å². The molecule has 1 aliphatic rings. The lowest BCUT2D eigenvalue weighted by molar-refractivity contribution is -0.0260. The average molecular weight is 297 g/mol. The van der Waals surface area contributed by atoms with Crippen molar-refractivity contribution in [2.24, 2.45) is 5.73 Å². The van der Waals surface area contributed by atoms with Gasteiger partial charge in [0.15, 0.2) is 0 Å². The van der Waals surface area contributed by atoms with Crippen molar-refractivity contribution in [3.63, 3.8) is 0 Å². The molecule has 0 radical (unpaired) electrons. The molecule has 0 bridgehead atoms. The number of hydrogen-bond acceptors (Lipinski definition) is 3. The molecule has 0 aromatic heterocycles. The lowest BCUT2D eigenvalue weighted by Crippen LogP contribution is -2.45. The highest BCUT2D eigenvalue weighted by molar-refractivity contribution is 5.85. The Morgan fingerprint density at radius 2 is 2.17 bits per heavy atom. The standard InChI is InChI=1S/C12H17FN2O.2ClH/c13-11-3-1-2-10(6-11)8-15-4-5-16-12(7-14)9-15;;/h1-3,6,12H,4-5,7-9,14H2;2*1H. The molecule has 1 unspecified atom stereocenters. The Labute approximate surface area is 119 Å². The summed E-state index contributed by atoms with van der Waals surface area (Å²) in [5, 5.41) is 0. The van der Waals surface area contributed by atoms with E-state index >= 15 is 0 Å². The molecule has 1 aromatic carbocycles. The highest BCUT2D eigenvalue weighted by atomic mass is 35.5. The summed E-state index contributed by atoms with van der Waals surface area (Å²) in [6.07, 6.45) is 0.113. The Morgan fingerprint density at radius 3 is 2.83 bits per heavy atom. The molecule has 0 saturated carbocycles. The second-order valence-corrected chi connectivity index (χ2v) is 4.09. The number of benzene rings is 1. The van der Waals surface area contributed by atoms with Gasteiger partial charge in [0.25, 0.3) is 0 Å². The molecule has 1 saturated heterocycles. The number of rotatable bonds is 3. The first kappa shape index (κ1) is 17.6. The van der Waals surface area contributed by atoms with Crippen molar-refractivity contribution in [1.29, 1.82) is 0 Å². The smallest absolute Gasteiger partial charge is 0.123 e. The van der Waals surface area contributed by atoms with Crippen LogP contribution < -0.4 is 5.73 Å². The molecular weight excluding hydrogens is 278 g/mol. The van der Waals surface area contributed by atoms with E-state index in [1.165, 1.54) is 6.07 Å². The third-order valence-electron chi connectivity index (χ3n) is 2.78. The van der Waals surface area contributed by atoms with Crippen molar-refractivity contribution in [3.8, 4) is 0 Å². The van der Waals surface area contributed by atoms with Crippen molar-refractivity contribution in [2.75, 3.05) is 26.2 Å². The maximum absolute atomic E-state index is 13.0. The van der Waals surface area contributed by atoms with E-state index in [2.05, 4.69) is 4.90 Å². The lowest BCUT2D eigenvalue weighted by Gasteiger charge is -2.32. The Kier molecular flexibility index (Phi) is 8.48. The van der Waals surface area contributed by atoms with Crippen LogP contribution in [-0.4, -0.2) is 37.2 Å². The zero-order valence-electron chi connectivity index (χ0n) is 10.0. The largest absolute Gasteiger partial charge is 0.374 e. The van der Waals surface area contributed by atoms with Gasteiger partial charge in [0.1, 0.15) is 5.82 Å². The summed E-state index contributed by atoms with van der Waals surface area (Å²) in [6.45, 7) is 3.72. The molecule has 104 valence electrons. The van der Waals surface area contributed by atoms with Crippen LogP contribution in [-0.2, 0) is 11.3 Å². The molecule has 1 fully saturated rings. The highest BCUT2D eigenvalue weighted by Crippen LogP contribution is 2.11. The molecule has 2 rings (SSSR count). The van der Waals surface area contributed by atoms with Gasteiger partial charge in [-0.2, -0.15) is 0 Å². The Morgan fingerprint density at radius 1 is 1.39 bits per heavy atom. The number of halogens is 3. The zero-order chi connectivity index (χ0) is 11.4. The predicted molar refractivity (Wildman–Crippen MR) is 75.0 cm³/mol. The predicted octanol–water partition coefficient (Wildman–Crippen LogP) is 1.83. The van der Waals surface area contributed by atoms with E-state index in [0.717, 1.165) is 25.2 Å². The van der Waals surface area contributed by atoms with Gasteiger partial charge >= 0.3 is 0 Å². The van der Waals surface area contributed by atoms with Crippen LogP contribution in [0.4, 0.5) is 4.39 Å². The second-order valence-electron chi connectivity index (χ2n) is 4.09. The van der Waals surface area contributed by atoms with Gasteiger partial charge in [-0.15, -0.1) is 24.8 Å². The van der Waals surface area contributed by atoms with Crippen molar-refractivity contribution in [2.45, 2.75) is 12.6 Å². The zero-order valence-corrected chi connectivity index (χ0v) is 11.7. The Bertz CT molecular complexity index is 355. The van der Waals surface area contributed by atoms with Gasteiger partial charge in [0.2, 0.25) is 0 Å². The summed E-state index contributed by atoms with van der Waals surface area (Å²) in [4.78, 5) is 2.25. The summed E-state index contributed by atoms with van der Waals surface area (Å²) in [7, 11) is 0. The fourth-order valence-electron chi connectivity index (χ4n) is 1.96.